The van der Waals surface area contributed by atoms with Crippen LogP contribution >= 0.6 is 0 Å². The zero-order chi connectivity index (χ0) is 27.0. The third-order valence-electron chi connectivity index (χ3n) is 5.11. The zero-order valence-electron chi connectivity index (χ0n) is 22.7. The van der Waals surface area contributed by atoms with Gasteiger partial charge >= 0.3 is 0 Å². The summed E-state index contributed by atoms with van der Waals surface area (Å²) in [6, 6.07) is 6.49. The van der Waals surface area contributed by atoms with E-state index in [0.29, 0.717) is 85.2 Å². The molecule has 10 nitrogen and oxygen atoms in total. The molecule has 0 fully saturated rings. The summed E-state index contributed by atoms with van der Waals surface area (Å²) >= 11 is 0. The van der Waals surface area contributed by atoms with E-state index in [4.69, 9.17) is 37.3 Å². The summed E-state index contributed by atoms with van der Waals surface area (Å²) in [6.45, 7) is 13.0. The average molecular weight is 551 g/mol. The van der Waals surface area contributed by atoms with Gasteiger partial charge in [0.25, 0.3) is 10.1 Å². The smallest absolute Gasteiger partial charge is 0.297 e. The first kappa shape index (κ1) is 33.9. The Labute approximate surface area is 222 Å². The normalized spacial score (nSPS) is 12.7. The minimum atomic E-state index is -3.76. The maximum atomic E-state index is 12.0. The Hall–Kier alpha value is -1.15. The van der Waals surface area contributed by atoms with Crippen LogP contribution in [0.3, 0.4) is 0 Å². The Bertz CT molecular complexity index is 742. The second kappa shape index (κ2) is 22.8. The standard InChI is InChI=1S/C26H46O10S/c1-4-24(2)23-35-20-19-33-16-15-31-12-11-29-9-10-30-13-14-32-17-18-34-21-22-36-37(27,28)26-7-5-25(3)6-8-26/h5-8,24H,4,9-23H2,1-3H3. The van der Waals surface area contributed by atoms with Crippen molar-refractivity contribution in [3.8, 4) is 0 Å². The molecule has 216 valence electrons. The van der Waals surface area contributed by atoms with Gasteiger partial charge in [-0.3, -0.25) is 4.18 Å². The quantitative estimate of drug-likeness (QED) is 0.126. The van der Waals surface area contributed by atoms with Crippen LogP contribution in [0, 0.1) is 12.8 Å². The second-order valence-corrected chi connectivity index (χ2v) is 9.97. The van der Waals surface area contributed by atoms with E-state index in [1.807, 2.05) is 6.92 Å². The highest BCUT2D eigenvalue weighted by atomic mass is 32.2. The molecule has 0 aliphatic heterocycles. The van der Waals surface area contributed by atoms with Crippen molar-refractivity contribution >= 4 is 10.1 Å². The number of ether oxygens (including phenoxy) is 7. The molecule has 1 aromatic carbocycles. The fourth-order valence-electron chi connectivity index (χ4n) is 2.70. The molecule has 0 radical (unpaired) electrons. The van der Waals surface area contributed by atoms with E-state index in [0.717, 1.165) is 18.6 Å². The molecular weight excluding hydrogens is 504 g/mol. The topological polar surface area (TPSA) is 108 Å². The molecular formula is C26H46O10S. The van der Waals surface area contributed by atoms with Crippen LogP contribution in [0.4, 0.5) is 0 Å². The van der Waals surface area contributed by atoms with Crippen LogP contribution in [-0.2, 0) is 47.5 Å². The molecule has 0 N–H and O–H groups in total. The summed E-state index contributed by atoms with van der Waals surface area (Å²) in [4.78, 5) is 0.135. The Balaban J connectivity index is 1.75. The van der Waals surface area contributed by atoms with Crippen molar-refractivity contribution in [2.45, 2.75) is 32.1 Å². The van der Waals surface area contributed by atoms with Gasteiger partial charge in [-0.15, -0.1) is 0 Å². The lowest BCUT2D eigenvalue weighted by molar-refractivity contribution is -0.0220. The van der Waals surface area contributed by atoms with Crippen LogP contribution in [0.15, 0.2) is 29.2 Å². The largest absolute Gasteiger partial charge is 0.379 e. The van der Waals surface area contributed by atoms with Crippen molar-refractivity contribution < 1.29 is 45.8 Å². The Morgan fingerprint density at radius 2 is 0.946 bits per heavy atom. The number of aryl methyl sites for hydroxylation is 1. The average Bonchev–Trinajstić information content (AvgIpc) is 2.89. The Morgan fingerprint density at radius 3 is 1.32 bits per heavy atom. The fourth-order valence-corrected chi connectivity index (χ4v) is 3.59. The molecule has 1 rings (SSSR count). The van der Waals surface area contributed by atoms with Gasteiger partial charge in [-0.25, -0.2) is 0 Å². The lowest BCUT2D eigenvalue weighted by atomic mass is 10.1. The number of benzene rings is 1. The van der Waals surface area contributed by atoms with Crippen molar-refractivity contribution in [1.29, 1.82) is 0 Å². The highest BCUT2D eigenvalue weighted by Crippen LogP contribution is 2.12. The van der Waals surface area contributed by atoms with E-state index in [-0.39, 0.29) is 18.1 Å². The molecule has 0 amide bonds. The fraction of sp³-hybridized carbons (Fsp3) is 0.769. The van der Waals surface area contributed by atoms with Gasteiger partial charge in [-0.2, -0.15) is 8.42 Å². The van der Waals surface area contributed by atoms with Crippen LogP contribution in [0.25, 0.3) is 0 Å². The molecule has 0 spiro atoms. The molecule has 0 saturated carbocycles. The molecule has 0 bridgehead atoms. The van der Waals surface area contributed by atoms with E-state index >= 15 is 0 Å². The maximum absolute atomic E-state index is 12.0. The van der Waals surface area contributed by atoms with E-state index in [1.165, 1.54) is 12.1 Å². The van der Waals surface area contributed by atoms with Crippen LogP contribution in [0.2, 0.25) is 0 Å². The predicted octanol–water partition coefficient (Wildman–Crippen LogP) is 2.86. The van der Waals surface area contributed by atoms with E-state index in [2.05, 4.69) is 13.8 Å². The molecule has 1 atom stereocenters. The third kappa shape index (κ3) is 19.6. The SMILES string of the molecule is CCC(C)COCCOCCOCCOCCOCCOCCOCCOS(=O)(=O)c1ccc(C)cc1. The van der Waals surface area contributed by atoms with E-state index in [9.17, 15) is 8.42 Å². The summed E-state index contributed by atoms with van der Waals surface area (Å²) in [5.74, 6) is 0.590. The predicted molar refractivity (Wildman–Crippen MR) is 140 cm³/mol. The molecule has 1 aromatic rings. The summed E-state index contributed by atoms with van der Waals surface area (Å²) in [6.07, 6.45) is 1.13. The summed E-state index contributed by atoms with van der Waals surface area (Å²) in [5.41, 5.74) is 0.981. The molecule has 0 aromatic heterocycles. The molecule has 1 unspecified atom stereocenters. The first-order valence-electron chi connectivity index (χ1n) is 13.0. The van der Waals surface area contributed by atoms with Crippen LogP contribution < -0.4 is 0 Å². The monoisotopic (exact) mass is 550 g/mol. The lowest BCUT2D eigenvalue weighted by Crippen LogP contribution is -2.15. The van der Waals surface area contributed by atoms with Crippen molar-refractivity contribution in [2.24, 2.45) is 5.92 Å². The van der Waals surface area contributed by atoms with Gasteiger partial charge in [0.05, 0.1) is 97.4 Å². The molecule has 37 heavy (non-hydrogen) atoms. The number of hydrogen-bond donors (Lipinski definition) is 0. The van der Waals surface area contributed by atoms with Crippen molar-refractivity contribution in [2.75, 3.05) is 99.1 Å². The second-order valence-electron chi connectivity index (χ2n) is 8.35. The number of hydrogen-bond acceptors (Lipinski definition) is 10. The molecule has 0 heterocycles. The van der Waals surface area contributed by atoms with Crippen LogP contribution in [0.1, 0.15) is 25.8 Å². The van der Waals surface area contributed by atoms with Crippen LogP contribution in [0.5, 0.6) is 0 Å². The van der Waals surface area contributed by atoms with E-state index in [1.54, 1.807) is 12.1 Å². The van der Waals surface area contributed by atoms with Gasteiger partial charge in [-0.1, -0.05) is 38.0 Å². The van der Waals surface area contributed by atoms with Crippen molar-refractivity contribution in [3.05, 3.63) is 29.8 Å². The Morgan fingerprint density at radius 1 is 0.595 bits per heavy atom. The summed E-state index contributed by atoms with van der Waals surface area (Å²) in [5, 5.41) is 0. The van der Waals surface area contributed by atoms with Gasteiger partial charge in [0, 0.05) is 6.61 Å². The first-order chi connectivity index (χ1) is 18.0. The van der Waals surface area contributed by atoms with Gasteiger partial charge in [0.2, 0.25) is 0 Å². The highest BCUT2D eigenvalue weighted by molar-refractivity contribution is 7.86. The minimum absolute atomic E-state index is 0.0494. The van der Waals surface area contributed by atoms with Crippen molar-refractivity contribution in [1.82, 2.24) is 0 Å². The third-order valence-corrected chi connectivity index (χ3v) is 6.43. The maximum Gasteiger partial charge on any atom is 0.297 e. The van der Waals surface area contributed by atoms with E-state index < -0.39 is 10.1 Å². The van der Waals surface area contributed by atoms with Gasteiger partial charge in [0.1, 0.15) is 0 Å². The van der Waals surface area contributed by atoms with Gasteiger partial charge < -0.3 is 33.2 Å². The van der Waals surface area contributed by atoms with Crippen LogP contribution in [-0.4, -0.2) is 108 Å². The minimum Gasteiger partial charge on any atom is -0.379 e. The number of rotatable bonds is 26. The molecule has 0 aliphatic rings. The summed E-state index contributed by atoms with van der Waals surface area (Å²) in [7, 11) is -3.76. The molecule has 0 aliphatic carbocycles. The first-order valence-corrected chi connectivity index (χ1v) is 14.4. The zero-order valence-corrected chi connectivity index (χ0v) is 23.5. The summed E-state index contributed by atoms with van der Waals surface area (Å²) < 4.78 is 67.0. The van der Waals surface area contributed by atoms with Gasteiger partial charge in [0.15, 0.2) is 0 Å². The Kier molecular flexibility index (Phi) is 20.9. The van der Waals surface area contributed by atoms with Gasteiger partial charge in [-0.05, 0) is 25.0 Å². The highest BCUT2D eigenvalue weighted by Gasteiger charge is 2.14. The molecule has 11 heteroatoms. The molecule has 0 saturated heterocycles. The lowest BCUT2D eigenvalue weighted by Gasteiger charge is -2.10. The van der Waals surface area contributed by atoms with Crippen molar-refractivity contribution in [3.63, 3.8) is 0 Å².